The van der Waals surface area contributed by atoms with Gasteiger partial charge in [0.2, 0.25) is 0 Å². The van der Waals surface area contributed by atoms with Crippen LogP contribution >= 0.6 is 0 Å². The van der Waals surface area contributed by atoms with Gasteiger partial charge in [-0.15, -0.1) is 0 Å². The zero-order chi connectivity index (χ0) is 16.9. The van der Waals surface area contributed by atoms with Crippen molar-refractivity contribution in [1.82, 2.24) is 9.71 Å². The SMILES string of the molecule is CC1CC(C2NS(=O)(=O)Nc3c2ccc2cccnc32)=CC=C1F. The van der Waals surface area contributed by atoms with Crippen molar-refractivity contribution in [1.29, 1.82) is 0 Å². The van der Waals surface area contributed by atoms with Gasteiger partial charge in [0.1, 0.15) is 5.83 Å². The number of anilines is 1. The van der Waals surface area contributed by atoms with Crippen LogP contribution in [-0.4, -0.2) is 13.4 Å². The predicted octanol–water partition coefficient (Wildman–Crippen LogP) is 3.36. The van der Waals surface area contributed by atoms with E-state index in [-0.39, 0.29) is 11.7 Å². The summed E-state index contributed by atoms with van der Waals surface area (Å²) in [6.45, 7) is 1.79. The molecule has 1 aliphatic heterocycles. The number of rotatable bonds is 1. The van der Waals surface area contributed by atoms with Crippen LogP contribution < -0.4 is 9.44 Å². The fourth-order valence-corrected chi connectivity index (χ4v) is 4.38. The number of nitrogens with zero attached hydrogens (tertiary/aromatic N) is 1. The standard InChI is InChI=1S/C17H16FN3O2S/c1-10-9-12(5-7-14(10)18)15-13-6-4-11-3-2-8-19-16(11)17(13)21-24(22,23)20-15/h2-8,10,15,20-21H,9H2,1H3. The van der Waals surface area contributed by atoms with Crippen LogP contribution in [0.3, 0.4) is 0 Å². The summed E-state index contributed by atoms with van der Waals surface area (Å²) in [5, 5.41) is 0.858. The third kappa shape index (κ3) is 2.50. The van der Waals surface area contributed by atoms with Crippen molar-refractivity contribution in [3.63, 3.8) is 0 Å². The first-order chi connectivity index (χ1) is 11.4. The quantitative estimate of drug-likeness (QED) is 0.832. The van der Waals surface area contributed by atoms with Gasteiger partial charge in [-0.2, -0.15) is 13.1 Å². The van der Waals surface area contributed by atoms with Gasteiger partial charge in [-0.3, -0.25) is 9.71 Å². The first-order valence-electron chi connectivity index (χ1n) is 7.68. The average Bonchev–Trinajstić information content (AvgIpc) is 2.56. The van der Waals surface area contributed by atoms with Crippen molar-refractivity contribution >= 4 is 26.8 Å². The Labute approximate surface area is 139 Å². The molecular weight excluding hydrogens is 329 g/mol. The van der Waals surface area contributed by atoms with Gasteiger partial charge >= 0.3 is 0 Å². The fraction of sp³-hybridized carbons (Fsp3) is 0.235. The molecule has 124 valence electrons. The first kappa shape index (κ1) is 15.3. The topological polar surface area (TPSA) is 71.1 Å². The Kier molecular flexibility index (Phi) is 3.43. The van der Waals surface area contributed by atoms with Crippen molar-refractivity contribution in [2.24, 2.45) is 5.92 Å². The summed E-state index contributed by atoms with van der Waals surface area (Å²) in [6.07, 6.45) is 5.18. The van der Waals surface area contributed by atoms with E-state index < -0.39 is 16.3 Å². The number of nitrogens with one attached hydrogen (secondary N) is 2. The molecule has 4 rings (SSSR count). The average molecular weight is 345 g/mol. The van der Waals surface area contributed by atoms with Crippen LogP contribution in [0.2, 0.25) is 0 Å². The van der Waals surface area contributed by atoms with E-state index in [0.29, 0.717) is 17.6 Å². The number of halogens is 1. The highest BCUT2D eigenvalue weighted by molar-refractivity contribution is 7.90. The first-order valence-corrected chi connectivity index (χ1v) is 9.17. The maximum atomic E-state index is 13.6. The summed E-state index contributed by atoms with van der Waals surface area (Å²) < 4.78 is 43.4. The Morgan fingerprint density at radius 1 is 1.25 bits per heavy atom. The molecule has 0 amide bonds. The number of aromatic nitrogens is 1. The van der Waals surface area contributed by atoms with Crippen LogP contribution in [0.1, 0.15) is 24.9 Å². The molecule has 1 aromatic carbocycles. The maximum Gasteiger partial charge on any atom is 0.300 e. The van der Waals surface area contributed by atoms with Gasteiger partial charge in [0.25, 0.3) is 10.2 Å². The lowest BCUT2D eigenvalue weighted by Gasteiger charge is -2.31. The van der Waals surface area contributed by atoms with Crippen molar-refractivity contribution in [3.05, 3.63) is 59.6 Å². The fourth-order valence-electron chi connectivity index (χ4n) is 3.25. The molecule has 5 nitrogen and oxygen atoms in total. The van der Waals surface area contributed by atoms with Gasteiger partial charge in [-0.1, -0.05) is 31.2 Å². The number of allylic oxidation sites excluding steroid dienone is 3. The summed E-state index contributed by atoms with van der Waals surface area (Å²) in [7, 11) is -3.71. The Morgan fingerprint density at radius 2 is 2.08 bits per heavy atom. The third-order valence-electron chi connectivity index (χ3n) is 4.47. The maximum absolute atomic E-state index is 13.6. The summed E-state index contributed by atoms with van der Waals surface area (Å²) in [6, 6.07) is 6.97. The van der Waals surface area contributed by atoms with Crippen molar-refractivity contribution in [3.8, 4) is 0 Å². The second-order valence-corrected chi connectivity index (χ2v) is 7.61. The molecule has 0 saturated carbocycles. The van der Waals surface area contributed by atoms with Crippen LogP contribution in [0.4, 0.5) is 10.1 Å². The van der Waals surface area contributed by atoms with Gasteiger partial charge < -0.3 is 0 Å². The molecule has 24 heavy (non-hydrogen) atoms. The predicted molar refractivity (Wildman–Crippen MR) is 91.2 cm³/mol. The van der Waals surface area contributed by atoms with Gasteiger partial charge in [-0.05, 0) is 24.1 Å². The van der Waals surface area contributed by atoms with E-state index in [9.17, 15) is 12.8 Å². The smallest absolute Gasteiger partial charge is 0.268 e. The van der Waals surface area contributed by atoms with Crippen LogP contribution in [0.5, 0.6) is 0 Å². The third-order valence-corrected chi connectivity index (χ3v) is 5.49. The van der Waals surface area contributed by atoms with E-state index in [1.165, 1.54) is 6.08 Å². The van der Waals surface area contributed by atoms with E-state index >= 15 is 0 Å². The second-order valence-electron chi connectivity index (χ2n) is 6.16. The summed E-state index contributed by atoms with van der Waals surface area (Å²) >= 11 is 0. The summed E-state index contributed by atoms with van der Waals surface area (Å²) in [5.41, 5.74) is 2.73. The molecular formula is C17H16FN3O2S. The van der Waals surface area contributed by atoms with Crippen LogP contribution in [0.15, 0.2) is 54.0 Å². The molecule has 2 unspecified atom stereocenters. The van der Waals surface area contributed by atoms with E-state index in [1.54, 1.807) is 25.3 Å². The number of benzene rings is 1. The van der Waals surface area contributed by atoms with E-state index in [4.69, 9.17) is 0 Å². The molecule has 0 radical (unpaired) electrons. The van der Waals surface area contributed by atoms with Crippen molar-refractivity contribution < 1.29 is 12.8 Å². The normalized spacial score (nSPS) is 25.4. The molecule has 2 N–H and O–H groups in total. The monoisotopic (exact) mass is 345 g/mol. The second kappa shape index (κ2) is 5.39. The largest absolute Gasteiger partial charge is 0.300 e. The number of hydrogen-bond donors (Lipinski definition) is 2. The highest BCUT2D eigenvalue weighted by Gasteiger charge is 2.33. The Morgan fingerprint density at radius 3 is 2.88 bits per heavy atom. The molecule has 0 bridgehead atoms. The molecule has 2 aliphatic rings. The zero-order valence-electron chi connectivity index (χ0n) is 13.0. The molecule has 0 saturated heterocycles. The molecule has 0 fully saturated rings. The molecule has 1 aromatic heterocycles. The Hall–Kier alpha value is -2.25. The van der Waals surface area contributed by atoms with Crippen LogP contribution in [-0.2, 0) is 10.2 Å². The molecule has 0 spiro atoms. The van der Waals surface area contributed by atoms with Gasteiger partial charge in [0, 0.05) is 23.1 Å². The lowest BCUT2D eigenvalue weighted by atomic mass is 9.87. The molecule has 2 heterocycles. The van der Waals surface area contributed by atoms with Crippen LogP contribution in [0.25, 0.3) is 10.9 Å². The highest BCUT2D eigenvalue weighted by Crippen LogP contribution is 2.41. The van der Waals surface area contributed by atoms with Gasteiger partial charge in [0.15, 0.2) is 0 Å². The van der Waals surface area contributed by atoms with Crippen molar-refractivity contribution in [2.45, 2.75) is 19.4 Å². The lowest BCUT2D eigenvalue weighted by molar-refractivity contribution is 0.469. The van der Waals surface area contributed by atoms with Crippen molar-refractivity contribution in [2.75, 3.05) is 4.72 Å². The minimum absolute atomic E-state index is 0.184. The number of hydrogen-bond acceptors (Lipinski definition) is 3. The Balaban J connectivity index is 1.91. The molecule has 7 heteroatoms. The molecule has 2 aromatic rings. The minimum Gasteiger partial charge on any atom is -0.268 e. The number of pyridine rings is 1. The van der Waals surface area contributed by atoms with Gasteiger partial charge in [-0.25, -0.2) is 4.39 Å². The minimum atomic E-state index is -3.71. The lowest BCUT2D eigenvalue weighted by Crippen LogP contribution is -2.39. The molecule has 2 atom stereocenters. The Bertz CT molecular complexity index is 998. The zero-order valence-corrected chi connectivity index (χ0v) is 13.8. The number of fused-ring (bicyclic) bond motifs is 3. The van der Waals surface area contributed by atoms with E-state index in [1.807, 2.05) is 18.2 Å². The van der Waals surface area contributed by atoms with Crippen LogP contribution in [0, 0.1) is 5.92 Å². The summed E-state index contributed by atoms with van der Waals surface area (Å²) in [4.78, 5) is 4.32. The van der Waals surface area contributed by atoms with Gasteiger partial charge in [0.05, 0.1) is 17.2 Å². The summed E-state index contributed by atoms with van der Waals surface area (Å²) in [5.74, 6) is -0.442. The van der Waals surface area contributed by atoms with E-state index in [2.05, 4.69) is 14.4 Å². The van der Waals surface area contributed by atoms with E-state index in [0.717, 1.165) is 16.5 Å². The highest BCUT2D eigenvalue weighted by atomic mass is 32.2. The molecule has 1 aliphatic carbocycles.